The van der Waals surface area contributed by atoms with Gasteiger partial charge in [0, 0.05) is 0 Å². The van der Waals surface area contributed by atoms with E-state index in [2.05, 4.69) is 0 Å². The maximum atomic E-state index is 9.63. The number of rotatable bonds is 3. The molecule has 1 fully saturated rings. The Labute approximate surface area is 99.6 Å². The first kappa shape index (κ1) is 11.7. The number of benzene rings is 1. The van der Waals surface area contributed by atoms with E-state index in [1.165, 1.54) is 0 Å². The van der Waals surface area contributed by atoms with Crippen LogP contribution in [0.2, 0.25) is 5.02 Å². The Morgan fingerprint density at radius 3 is 2.75 bits per heavy atom. The van der Waals surface area contributed by atoms with E-state index in [0.717, 1.165) is 24.8 Å². The molecule has 0 saturated heterocycles. The van der Waals surface area contributed by atoms with Gasteiger partial charge in [0.25, 0.3) is 0 Å². The van der Waals surface area contributed by atoms with Gasteiger partial charge < -0.3 is 14.9 Å². The maximum absolute atomic E-state index is 9.63. The number of aliphatic hydroxyl groups excluding tert-OH is 2. The number of halogens is 1. The van der Waals surface area contributed by atoms with Gasteiger partial charge in [0.05, 0.1) is 17.7 Å². The second-order valence-corrected chi connectivity index (χ2v) is 4.48. The normalized spacial score (nSPS) is 24.7. The summed E-state index contributed by atoms with van der Waals surface area (Å²) in [5.74, 6) is 0.574. The summed E-state index contributed by atoms with van der Waals surface area (Å²) in [4.78, 5) is 0. The fraction of sp³-hybridized carbons (Fsp3) is 0.500. The first-order valence-corrected chi connectivity index (χ1v) is 5.82. The second-order valence-electron chi connectivity index (χ2n) is 4.08. The molecule has 1 saturated carbocycles. The fourth-order valence-corrected chi connectivity index (χ4v) is 2.19. The molecule has 2 atom stereocenters. The van der Waals surface area contributed by atoms with Crippen molar-refractivity contribution < 1.29 is 14.9 Å². The van der Waals surface area contributed by atoms with Crippen LogP contribution < -0.4 is 4.74 Å². The highest BCUT2D eigenvalue weighted by molar-refractivity contribution is 6.32. The molecule has 0 spiro atoms. The Hall–Kier alpha value is -0.770. The van der Waals surface area contributed by atoms with Gasteiger partial charge in [-0.3, -0.25) is 0 Å². The third kappa shape index (κ3) is 2.48. The van der Waals surface area contributed by atoms with Crippen molar-refractivity contribution in [3.63, 3.8) is 0 Å². The summed E-state index contributed by atoms with van der Waals surface area (Å²) < 4.78 is 5.65. The van der Waals surface area contributed by atoms with Crippen molar-refractivity contribution in [2.75, 3.05) is 0 Å². The Balaban J connectivity index is 2.09. The van der Waals surface area contributed by atoms with Crippen LogP contribution in [0.5, 0.6) is 5.75 Å². The van der Waals surface area contributed by atoms with Crippen LogP contribution in [0, 0.1) is 0 Å². The van der Waals surface area contributed by atoms with Crippen molar-refractivity contribution in [2.24, 2.45) is 0 Å². The summed E-state index contributed by atoms with van der Waals surface area (Å²) in [6.45, 7) is -0.0357. The van der Waals surface area contributed by atoms with E-state index < -0.39 is 6.10 Å². The molecule has 1 aliphatic carbocycles. The summed E-state index contributed by atoms with van der Waals surface area (Å²) in [5, 5.41) is 19.1. The van der Waals surface area contributed by atoms with Crippen LogP contribution in [0.1, 0.15) is 24.8 Å². The van der Waals surface area contributed by atoms with Crippen LogP contribution in [0.15, 0.2) is 18.2 Å². The summed E-state index contributed by atoms with van der Waals surface area (Å²) >= 11 is 6.02. The minimum absolute atomic E-state index is 0.0357. The third-order valence-corrected chi connectivity index (χ3v) is 3.17. The number of ether oxygens (including phenoxy) is 1. The maximum Gasteiger partial charge on any atom is 0.138 e. The lowest BCUT2D eigenvalue weighted by molar-refractivity contribution is 0.0604. The van der Waals surface area contributed by atoms with Crippen LogP contribution in [0.3, 0.4) is 0 Å². The monoisotopic (exact) mass is 242 g/mol. The molecular weight excluding hydrogens is 228 g/mol. The number of hydrogen-bond donors (Lipinski definition) is 2. The SMILES string of the molecule is OCc1ccc(OC2CCCC2O)c(Cl)c1. The smallest absolute Gasteiger partial charge is 0.138 e. The molecule has 4 heteroatoms. The van der Waals surface area contributed by atoms with Crippen molar-refractivity contribution >= 4 is 11.6 Å². The molecular formula is C12H15ClO3. The summed E-state index contributed by atoms with van der Waals surface area (Å²) in [6.07, 6.45) is 2.08. The Morgan fingerprint density at radius 1 is 1.38 bits per heavy atom. The summed E-state index contributed by atoms with van der Waals surface area (Å²) in [6, 6.07) is 5.18. The molecule has 0 aromatic heterocycles. The predicted molar refractivity (Wildman–Crippen MR) is 61.6 cm³/mol. The largest absolute Gasteiger partial charge is 0.486 e. The molecule has 2 N–H and O–H groups in total. The fourth-order valence-electron chi connectivity index (χ4n) is 1.95. The van der Waals surface area contributed by atoms with E-state index in [1.54, 1.807) is 18.2 Å². The first-order chi connectivity index (χ1) is 7.70. The van der Waals surface area contributed by atoms with E-state index in [-0.39, 0.29) is 12.7 Å². The Kier molecular flexibility index (Phi) is 3.69. The van der Waals surface area contributed by atoms with E-state index in [1.807, 2.05) is 0 Å². The second kappa shape index (κ2) is 5.04. The molecule has 88 valence electrons. The molecule has 0 heterocycles. The van der Waals surface area contributed by atoms with E-state index in [4.69, 9.17) is 21.4 Å². The van der Waals surface area contributed by atoms with Crippen LogP contribution >= 0.6 is 11.6 Å². The highest BCUT2D eigenvalue weighted by Crippen LogP contribution is 2.30. The third-order valence-electron chi connectivity index (χ3n) is 2.87. The average molecular weight is 243 g/mol. The number of hydrogen-bond acceptors (Lipinski definition) is 3. The molecule has 2 unspecified atom stereocenters. The van der Waals surface area contributed by atoms with Crippen LogP contribution in [-0.2, 0) is 6.61 Å². The van der Waals surface area contributed by atoms with Gasteiger partial charge in [-0.05, 0) is 37.0 Å². The lowest BCUT2D eigenvalue weighted by atomic mass is 10.2. The molecule has 2 rings (SSSR count). The van der Waals surface area contributed by atoms with Gasteiger partial charge in [-0.1, -0.05) is 17.7 Å². The molecule has 0 aliphatic heterocycles. The van der Waals surface area contributed by atoms with Crippen molar-refractivity contribution in [1.82, 2.24) is 0 Å². The summed E-state index contributed by atoms with van der Waals surface area (Å²) in [5.41, 5.74) is 0.754. The molecule has 16 heavy (non-hydrogen) atoms. The molecule has 1 aromatic carbocycles. The van der Waals surface area contributed by atoms with E-state index in [0.29, 0.717) is 10.8 Å². The van der Waals surface area contributed by atoms with Crippen molar-refractivity contribution in [3.05, 3.63) is 28.8 Å². The minimum Gasteiger partial charge on any atom is -0.486 e. The standard InChI is InChI=1S/C12H15ClO3/c13-9-6-8(7-14)4-5-11(9)16-12-3-1-2-10(12)15/h4-6,10,12,14-15H,1-3,7H2. The number of aliphatic hydroxyl groups is 2. The highest BCUT2D eigenvalue weighted by atomic mass is 35.5. The Morgan fingerprint density at radius 2 is 2.19 bits per heavy atom. The van der Waals surface area contributed by atoms with Gasteiger partial charge in [-0.2, -0.15) is 0 Å². The lowest BCUT2D eigenvalue weighted by Crippen LogP contribution is -2.25. The van der Waals surface area contributed by atoms with Gasteiger partial charge in [-0.25, -0.2) is 0 Å². The zero-order valence-electron chi connectivity index (χ0n) is 8.90. The van der Waals surface area contributed by atoms with Gasteiger partial charge in [0.15, 0.2) is 0 Å². The van der Waals surface area contributed by atoms with Gasteiger partial charge in [0.2, 0.25) is 0 Å². The zero-order chi connectivity index (χ0) is 11.5. The molecule has 0 amide bonds. The van der Waals surface area contributed by atoms with Crippen LogP contribution in [0.4, 0.5) is 0 Å². The van der Waals surface area contributed by atoms with Crippen LogP contribution in [-0.4, -0.2) is 22.4 Å². The van der Waals surface area contributed by atoms with Crippen molar-refractivity contribution in [2.45, 2.75) is 38.1 Å². The van der Waals surface area contributed by atoms with Crippen molar-refractivity contribution in [3.8, 4) is 5.75 Å². The first-order valence-electron chi connectivity index (χ1n) is 5.44. The minimum atomic E-state index is -0.395. The lowest BCUT2D eigenvalue weighted by Gasteiger charge is -2.18. The zero-order valence-corrected chi connectivity index (χ0v) is 9.65. The average Bonchev–Trinajstić information content (AvgIpc) is 2.67. The van der Waals surface area contributed by atoms with Gasteiger partial charge in [-0.15, -0.1) is 0 Å². The predicted octanol–water partition coefficient (Wildman–Crippen LogP) is 2.12. The quantitative estimate of drug-likeness (QED) is 0.854. The summed E-state index contributed by atoms with van der Waals surface area (Å²) in [7, 11) is 0. The van der Waals surface area contributed by atoms with E-state index >= 15 is 0 Å². The Bertz CT molecular complexity index is 367. The topological polar surface area (TPSA) is 49.7 Å². The van der Waals surface area contributed by atoms with Crippen molar-refractivity contribution in [1.29, 1.82) is 0 Å². The molecule has 3 nitrogen and oxygen atoms in total. The molecule has 0 radical (unpaired) electrons. The molecule has 0 bridgehead atoms. The highest BCUT2D eigenvalue weighted by Gasteiger charge is 2.27. The molecule has 1 aromatic rings. The van der Waals surface area contributed by atoms with Gasteiger partial charge >= 0.3 is 0 Å². The van der Waals surface area contributed by atoms with E-state index in [9.17, 15) is 5.11 Å². The van der Waals surface area contributed by atoms with Crippen LogP contribution in [0.25, 0.3) is 0 Å². The van der Waals surface area contributed by atoms with Gasteiger partial charge in [0.1, 0.15) is 11.9 Å². The molecule has 1 aliphatic rings.